The third kappa shape index (κ3) is 6.21. The fourth-order valence-corrected chi connectivity index (χ4v) is 2.76. The van der Waals surface area contributed by atoms with Crippen molar-refractivity contribution in [3.8, 4) is 0 Å². The number of hydrogen-bond acceptors (Lipinski definition) is 2. The van der Waals surface area contributed by atoms with Crippen LogP contribution in [0.25, 0.3) is 0 Å². The van der Waals surface area contributed by atoms with Crippen molar-refractivity contribution in [3.05, 3.63) is 0 Å². The highest BCUT2D eigenvalue weighted by molar-refractivity contribution is 9.09. The second-order valence-electron chi connectivity index (χ2n) is 4.53. The predicted molar refractivity (Wildman–Crippen MR) is 71.3 cm³/mol. The van der Waals surface area contributed by atoms with E-state index in [2.05, 4.69) is 22.9 Å². The van der Waals surface area contributed by atoms with Gasteiger partial charge in [-0.05, 0) is 19.3 Å². The zero-order valence-corrected chi connectivity index (χ0v) is 12.0. The lowest BCUT2D eigenvalue weighted by atomic mass is 10.1. The quantitative estimate of drug-likeness (QED) is 0.402. The van der Waals surface area contributed by atoms with Crippen LogP contribution in [-0.2, 0) is 9.47 Å². The maximum absolute atomic E-state index is 5.88. The van der Waals surface area contributed by atoms with Crippen molar-refractivity contribution in [2.75, 3.05) is 19.8 Å². The molecular weight excluding hydrogens is 268 g/mol. The largest absolute Gasteiger partial charge is 0.379 e. The molecule has 0 aromatic rings. The molecule has 0 N–H and O–H groups in total. The fourth-order valence-electron chi connectivity index (χ4n) is 2.02. The van der Waals surface area contributed by atoms with E-state index in [0.717, 1.165) is 26.2 Å². The SMILES string of the molecule is CCCCOCCOC1CCCCCC1Br. The molecule has 16 heavy (non-hydrogen) atoms. The van der Waals surface area contributed by atoms with Gasteiger partial charge in [0.25, 0.3) is 0 Å². The van der Waals surface area contributed by atoms with E-state index in [1.54, 1.807) is 0 Å². The van der Waals surface area contributed by atoms with Crippen LogP contribution in [0.2, 0.25) is 0 Å². The minimum atomic E-state index is 0.400. The molecule has 0 radical (unpaired) electrons. The van der Waals surface area contributed by atoms with Crippen molar-refractivity contribution < 1.29 is 9.47 Å². The molecule has 2 unspecified atom stereocenters. The van der Waals surface area contributed by atoms with E-state index in [-0.39, 0.29) is 0 Å². The fraction of sp³-hybridized carbons (Fsp3) is 1.00. The summed E-state index contributed by atoms with van der Waals surface area (Å²) in [7, 11) is 0. The molecule has 3 heteroatoms. The number of halogens is 1. The normalized spacial score (nSPS) is 26.6. The van der Waals surface area contributed by atoms with Gasteiger partial charge in [-0.1, -0.05) is 48.5 Å². The number of ether oxygens (including phenoxy) is 2. The Labute approximate surface area is 108 Å². The summed E-state index contributed by atoms with van der Waals surface area (Å²) in [6, 6.07) is 0. The van der Waals surface area contributed by atoms with Gasteiger partial charge in [-0.3, -0.25) is 0 Å². The molecular formula is C13H25BrO2. The predicted octanol–water partition coefficient (Wildman–Crippen LogP) is 3.92. The number of alkyl halides is 1. The molecule has 0 spiro atoms. The first-order valence-electron chi connectivity index (χ1n) is 6.68. The lowest BCUT2D eigenvalue weighted by molar-refractivity contribution is 0.00173. The van der Waals surface area contributed by atoms with Gasteiger partial charge in [-0.2, -0.15) is 0 Å². The van der Waals surface area contributed by atoms with E-state index < -0.39 is 0 Å². The van der Waals surface area contributed by atoms with Crippen LogP contribution < -0.4 is 0 Å². The van der Waals surface area contributed by atoms with E-state index in [0.29, 0.717) is 10.9 Å². The van der Waals surface area contributed by atoms with Gasteiger partial charge in [0, 0.05) is 11.4 Å². The summed E-state index contributed by atoms with van der Waals surface area (Å²) in [5, 5.41) is 0. The molecule has 0 aliphatic heterocycles. The lowest BCUT2D eigenvalue weighted by Gasteiger charge is -2.20. The van der Waals surface area contributed by atoms with E-state index >= 15 is 0 Å². The van der Waals surface area contributed by atoms with Crippen molar-refractivity contribution in [1.29, 1.82) is 0 Å². The van der Waals surface area contributed by atoms with Gasteiger partial charge in [-0.25, -0.2) is 0 Å². The van der Waals surface area contributed by atoms with Gasteiger partial charge in [-0.15, -0.1) is 0 Å². The molecule has 0 bridgehead atoms. The molecule has 1 aliphatic carbocycles. The molecule has 0 aromatic carbocycles. The Balaban J connectivity index is 2.01. The Morgan fingerprint density at radius 2 is 1.88 bits per heavy atom. The first kappa shape index (κ1) is 14.5. The molecule has 0 amide bonds. The third-order valence-corrected chi connectivity index (χ3v) is 4.12. The van der Waals surface area contributed by atoms with Crippen LogP contribution in [0.4, 0.5) is 0 Å². The van der Waals surface area contributed by atoms with Crippen LogP contribution in [0, 0.1) is 0 Å². The van der Waals surface area contributed by atoms with Crippen molar-refractivity contribution >= 4 is 15.9 Å². The summed E-state index contributed by atoms with van der Waals surface area (Å²) in [4.78, 5) is 0.547. The van der Waals surface area contributed by atoms with E-state index in [1.807, 2.05) is 0 Å². The van der Waals surface area contributed by atoms with E-state index in [4.69, 9.17) is 9.47 Å². The first-order valence-corrected chi connectivity index (χ1v) is 7.59. The minimum absolute atomic E-state index is 0.400. The standard InChI is InChI=1S/C13H25BrO2/c1-2-3-9-15-10-11-16-13-8-6-4-5-7-12(13)14/h12-13H,2-11H2,1H3. The molecule has 2 atom stereocenters. The van der Waals surface area contributed by atoms with Crippen LogP contribution in [0.15, 0.2) is 0 Å². The van der Waals surface area contributed by atoms with Crippen LogP contribution in [0.5, 0.6) is 0 Å². The van der Waals surface area contributed by atoms with Crippen molar-refractivity contribution in [3.63, 3.8) is 0 Å². The van der Waals surface area contributed by atoms with Crippen LogP contribution in [0.3, 0.4) is 0 Å². The first-order chi connectivity index (χ1) is 7.84. The van der Waals surface area contributed by atoms with Gasteiger partial charge < -0.3 is 9.47 Å². The lowest BCUT2D eigenvalue weighted by Crippen LogP contribution is -2.24. The molecule has 0 saturated heterocycles. The Kier molecular flexibility index (Phi) is 8.52. The maximum atomic E-state index is 5.88. The second-order valence-corrected chi connectivity index (χ2v) is 5.71. The zero-order chi connectivity index (χ0) is 11.6. The van der Waals surface area contributed by atoms with Gasteiger partial charge >= 0.3 is 0 Å². The van der Waals surface area contributed by atoms with Crippen molar-refractivity contribution in [2.45, 2.75) is 62.8 Å². The third-order valence-electron chi connectivity index (χ3n) is 3.07. The summed E-state index contributed by atoms with van der Waals surface area (Å²) in [5.74, 6) is 0. The van der Waals surface area contributed by atoms with Crippen LogP contribution in [-0.4, -0.2) is 30.8 Å². The number of rotatable bonds is 7. The molecule has 1 rings (SSSR count). The van der Waals surface area contributed by atoms with Crippen LogP contribution in [0.1, 0.15) is 51.9 Å². The van der Waals surface area contributed by atoms with Crippen molar-refractivity contribution in [1.82, 2.24) is 0 Å². The average molecular weight is 293 g/mol. The molecule has 96 valence electrons. The molecule has 0 heterocycles. The summed E-state index contributed by atoms with van der Waals surface area (Å²) < 4.78 is 11.4. The van der Waals surface area contributed by atoms with Gasteiger partial charge in [0.1, 0.15) is 0 Å². The Morgan fingerprint density at radius 3 is 2.69 bits per heavy atom. The van der Waals surface area contributed by atoms with Crippen LogP contribution >= 0.6 is 15.9 Å². The second kappa shape index (κ2) is 9.43. The van der Waals surface area contributed by atoms with E-state index in [1.165, 1.54) is 38.5 Å². The van der Waals surface area contributed by atoms with Crippen molar-refractivity contribution in [2.24, 2.45) is 0 Å². The van der Waals surface area contributed by atoms with Gasteiger partial charge in [0.15, 0.2) is 0 Å². The molecule has 1 fully saturated rings. The molecule has 2 nitrogen and oxygen atoms in total. The Bertz CT molecular complexity index is 164. The number of hydrogen-bond donors (Lipinski definition) is 0. The number of unbranched alkanes of at least 4 members (excludes halogenated alkanes) is 1. The molecule has 0 aromatic heterocycles. The minimum Gasteiger partial charge on any atom is -0.379 e. The zero-order valence-electron chi connectivity index (χ0n) is 10.4. The highest BCUT2D eigenvalue weighted by Crippen LogP contribution is 2.25. The summed E-state index contributed by atoms with van der Waals surface area (Å²) >= 11 is 3.73. The topological polar surface area (TPSA) is 18.5 Å². The van der Waals surface area contributed by atoms with Gasteiger partial charge in [0.05, 0.1) is 19.3 Å². The summed E-state index contributed by atoms with van der Waals surface area (Å²) in [6.07, 6.45) is 9.21. The van der Waals surface area contributed by atoms with E-state index in [9.17, 15) is 0 Å². The maximum Gasteiger partial charge on any atom is 0.0704 e. The molecule has 1 aliphatic rings. The van der Waals surface area contributed by atoms with Gasteiger partial charge in [0.2, 0.25) is 0 Å². The Hall–Kier alpha value is 0.400. The summed E-state index contributed by atoms with van der Waals surface area (Å²) in [5.41, 5.74) is 0. The summed E-state index contributed by atoms with van der Waals surface area (Å²) in [6.45, 7) is 4.55. The average Bonchev–Trinajstić information content (AvgIpc) is 2.49. The smallest absolute Gasteiger partial charge is 0.0704 e. The monoisotopic (exact) mass is 292 g/mol. The highest BCUT2D eigenvalue weighted by atomic mass is 79.9. The highest BCUT2D eigenvalue weighted by Gasteiger charge is 2.21. The molecule has 1 saturated carbocycles. The Morgan fingerprint density at radius 1 is 1.06 bits per heavy atom.